The number of hydrogen-bond donors (Lipinski definition) is 2. The minimum absolute atomic E-state index is 0.110. The Labute approximate surface area is 185 Å². The van der Waals surface area contributed by atoms with Crippen LogP contribution in [-0.2, 0) is 15.4 Å². The molecule has 1 aromatic carbocycles. The summed E-state index contributed by atoms with van der Waals surface area (Å²) in [7, 11) is -3.59. The molecule has 0 spiro atoms. The fourth-order valence-corrected chi connectivity index (χ4v) is 5.87. The van der Waals surface area contributed by atoms with Crippen molar-refractivity contribution in [2.24, 2.45) is 0 Å². The summed E-state index contributed by atoms with van der Waals surface area (Å²) in [6.45, 7) is 5.26. The van der Waals surface area contributed by atoms with Crippen molar-refractivity contribution >= 4 is 50.9 Å². The number of aromatic nitrogens is 1. The molecule has 1 aliphatic heterocycles. The lowest BCUT2D eigenvalue weighted by molar-refractivity contribution is 0.0941. The van der Waals surface area contributed by atoms with E-state index in [4.69, 9.17) is 23.2 Å². The standard InChI is InChI=1S/C19H23Cl2N3O3S2/c1-19(2,13-3-4-15(20)16(21)9-13)12-23-18(25)17-10-14(11-22-17)29(26,27)24-5-7-28-8-6-24/h3-4,9-11,22H,5-8,12H2,1-2H3,(H,23,25). The predicted octanol–water partition coefficient (Wildman–Crippen LogP) is 3.77. The molecule has 0 aliphatic carbocycles. The normalized spacial score (nSPS) is 16.0. The van der Waals surface area contributed by atoms with E-state index in [1.165, 1.54) is 16.6 Å². The van der Waals surface area contributed by atoms with Crippen LogP contribution in [0.25, 0.3) is 0 Å². The average Bonchev–Trinajstić information content (AvgIpc) is 3.20. The van der Waals surface area contributed by atoms with Gasteiger partial charge in [0.1, 0.15) is 10.6 Å². The number of benzene rings is 1. The van der Waals surface area contributed by atoms with E-state index in [2.05, 4.69) is 10.3 Å². The maximum atomic E-state index is 12.7. The number of carbonyl (C=O) groups is 1. The van der Waals surface area contributed by atoms with Crippen molar-refractivity contribution in [3.63, 3.8) is 0 Å². The lowest BCUT2D eigenvalue weighted by atomic mass is 9.84. The zero-order chi connectivity index (χ0) is 21.2. The lowest BCUT2D eigenvalue weighted by Gasteiger charge is -2.26. The summed E-state index contributed by atoms with van der Waals surface area (Å²) in [6.07, 6.45) is 1.37. The molecule has 1 saturated heterocycles. The van der Waals surface area contributed by atoms with Crippen LogP contribution in [0.15, 0.2) is 35.4 Å². The molecule has 10 heteroatoms. The van der Waals surface area contributed by atoms with Crippen LogP contribution in [0.1, 0.15) is 29.9 Å². The van der Waals surface area contributed by atoms with Gasteiger partial charge in [0.2, 0.25) is 10.0 Å². The molecule has 0 radical (unpaired) electrons. The van der Waals surface area contributed by atoms with Crippen molar-refractivity contribution in [1.82, 2.24) is 14.6 Å². The van der Waals surface area contributed by atoms with Gasteiger partial charge in [-0.05, 0) is 23.8 Å². The Hall–Kier alpha value is -1.19. The Kier molecular flexibility index (Phi) is 6.90. The first-order chi connectivity index (χ1) is 13.6. The molecule has 0 bridgehead atoms. The van der Waals surface area contributed by atoms with Crippen LogP contribution in [-0.4, -0.2) is 54.8 Å². The highest BCUT2D eigenvalue weighted by Crippen LogP contribution is 2.29. The number of carbonyl (C=O) groups excluding carboxylic acids is 1. The third-order valence-electron chi connectivity index (χ3n) is 4.90. The summed E-state index contributed by atoms with van der Waals surface area (Å²) in [4.78, 5) is 15.5. The number of rotatable bonds is 6. The molecule has 0 atom stereocenters. The first kappa shape index (κ1) is 22.5. The molecule has 0 unspecified atom stereocenters. The molecule has 2 N–H and O–H groups in total. The van der Waals surface area contributed by atoms with E-state index in [-0.39, 0.29) is 16.5 Å². The van der Waals surface area contributed by atoms with Gasteiger partial charge in [0.05, 0.1) is 10.0 Å². The molecular weight excluding hydrogens is 453 g/mol. The van der Waals surface area contributed by atoms with Crippen LogP contribution < -0.4 is 5.32 Å². The number of amides is 1. The molecule has 29 heavy (non-hydrogen) atoms. The summed E-state index contributed by atoms with van der Waals surface area (Å²) in [5.74, 6) is 1.19. The zero-order valence-corrected chi connectivity index (χ0v) is 19.3. The second-order valence-electron chi connectivity index (χ2n) is 7.46. The Morgan fingerprint density at radius 1 is 1.21 bits per heavy atom. The highest BCUT2D eigenvalue weighted by Gasteiger charge is 2.28. The second-order valence-corrected chi connectivity index (χ2v) is 11.4. The van der Waals surface area contributed by atoms with Crippen molar-refractivity contribution in [2.75, 3.05) is 31.1 Å². The Morgan fingerprint density at radius 3 is 2.55 bits per heavy atom. The minimum atomic E-state index is -3.59. The summed E-state index contributed by atoms with van der Waals surface area (Å²) in [5.41, 5.74) is 0.751. The van der Waals surface area contributed by atoms with Crippen LogP contribution >= 0.6 is 35.0 Å². The number of thioether (sulfide) groups is 1. The van der Waals surface area contributed by atoms with Gasteiger partial charge in [0.25, 0.3) is 5.91 Å². The van der Waals surface area contributed by atoms with E-state index in [1.54, 1.807) is 23.9 Å². The van der Waals surface area contributed by atoms with Crippen LogP contribution in [0, 0.1) is 0 Å². The van der Waals surface area contributed by atoms with Crippen molar-refractivity contribution < 1.29 is 13.2 Å². The van der Waals surface area contributed by atoms with E-state index >= 15 is 0 Å². The minimum Gasteiger partial charge on any atom is -0.356 e. The average molecular weight is 476 g/mol. The number of H-pyrrole nitrogens is 1. The van der Waals surface area contributed by atoms with Gasteiger partial charge in [-0.2, -0.15) is 16.1 Å². The van der Waals surface area contributed by atoms with Gasteiger partial charge in [-0.15, -0.1) is 0 Å². The monoisotopic (exact) mass is 475 g/mol. The number of hydrogen-bond acceptors (Lipinski definition) is 4. The summed E-state index contributed by atoms with van der Waals surface area (Å²) < 4.78 is 26.9. The van der Waals surface area contributed by atoms with Crippen LogP contribution in [0.5, 0.6) is 0 Å². The SMILES string of the molecule is CC(C)(CNC(=O)c1cc(S(=O)(=O)N2CCSCC2)c[nH]1)c1ccc(Cl)c(Cl)c1. The van der Waals surface area contributed by atoms with Crippen molar-refractivity contribution in [2.45, 2.75) is 24.2 Å². The fourth-order valence-electron chi connectivity index (χ4n) is 3.01. The third-order valence-corrected chi connectivity index (χ3v) is 8.46. The van der Waals surface area contributed by atoms with Gasteiger partial charge in [0, 0.05) is 42.8 Å². The van der Waals surface area contributed by atoms with Gasteiger partial charge >= 0.3 is 0 Å². The molecule has 3 rings (SSSR count). The topological polar surface area (TPSA) is 82.3 Å². The summed E-state index contributed by atoms with van der Waals surface area (Å²) in [5, 5.41) is 3.79. The van der Waals surface area contributed by atoms with Crippen molar-refractivity contribution in [3.05, 3.63) is 51.8 Å². The van der Waals surface area contributed by atoms with Gasteiger partial charge in [-0.1, -0.05) is 43.1 Å². The number of sulfonamides is 1. The van der Waals surface area contributed by atoms with E-state index in [0.29, 0.717) is 29.7 Å². The smallest absolute Gasteiger partial charge is 0.267 e. The largest absolute Gasteiger partial charge is 0.356 e. The van der Waals surface area contributed by atoms with Crippen LogP contribution in [0.3, 0.4) is 0 Å². The quantitative estimate of drug-likeness (QED) is 0.665. The van der Waals surface area contributed by atoms with Gasteiger partial charge in [-0.3, -0.25) is 4.79 Å². The maximum absolute atomic E-state index is 12.7. The molecule has 1 fully saturated rings. The van der Waals surface area contributed by atoms with E-state index < -0.39 is 15.4 Å². The second kappa shape index (κ2) is 8.89. The number of aromatic amines is 1. The van der Waals surface area contributed by atoms with E-state index in [1.807, 2.05) is 19.9 Å². The molecular formula is C19H23Cl2N3O3S2. The van der Waals surface area contributed by atoms with Crippen molar-refractivity contribution in [3.8, 4) is 0 Å². The van der Waals surface area contributed by atoms with E-state index in [0.717, 1.165) is 17.1 Å². The molecule has 158 valence electrons. The molecule has 0 saturated carbocycles. The van der Waals surface area contributed by atoms with Gasteiger partial charge < -0.3 is 10.3 Å². The number of nitrogens with one attached hydrogen (secondary N) is 2. The Balaban J connectivity index is 1.67. The zero-order valence-electron chi connectivity index (χ0n) is 16.2. The molecule has 1 aliphatic rings. The van der Waals surface area contributed by atoms with Gasteiger partial charge in [-0.25, -0.2) is 8.42 Å². The lowest BCUT2D eigenvalue weighted by Crippen LogP contribution is -2.37. The highest BCUT2D eigenvalue weighted by atomic mass is 35.5. The molecule has 1 aromatic heterocycles. The highest BCUT2D eigenvalue weighted by molar-refractivity contribution is 7.99. The molecule has 6 nitrogen and oxygen atoms in total. The van der Waals surface area contributed by atoms with E-state index in [9.17, 15) is 13.2 Å². The van der Waals surface area contributed by atoms with Crippen LogP contribution in [0.2, 0.25) is 10.0 Å². The molecule has 2 aromatic rings. The Morgan fingerprint density at radius 2 is 1.90 bits per heavy atom. The number of nitrogens with zero attached hydrogens (tertiary/aromatic N) is 1. The Bertz CT molecular complexity index is 1000. The fraction of sp³-hybridized carbons (Fsp3) is 0.421. The summed E-state index contributed by atoms with van der Waals surface area (Å²) >= 11 is 13.8. The predicted molar refractivity (Wildman–Crippen MR) is 119 cm³/mol. The molecule has 1 amide bonds. The molecule has 2 heterocycles. The van der Waals surface area contributed by atoms with Crippen molar-refractivity contribution in [1.29, 1.82) is 0 Å². The third kappa shape index (κ3) is 5.11. The van der Waals surface area contributed by atoms with Crippen LogP contribution in [0.4, 0.5) is 0 Å². The first-order valence-corrected chi connectivity index (χ1v) is 12.5. The maximum Gasteiger partial charge on any atom is 0.267 e. The summed E-state index contributed by atoms with van der Waals surface area (Å²) in [6, 6.07) is 6.77. The van der Waals surface area contributed by atoms with Gasteiger partial charge in [0.15, 0.2) is 0 Å². The first-order valence-electron chi connectivity index (χ1n) is 9.11. The number of halogens is 2.